The van der Waals surface area contributed by atoms with E-state index in [4.69, 9.17) is 4.74 Å². The van der Waals surface area contributed by atoms with Crippen LogP contribution in [0, 0.1) is 6.92 Å². The summed E-state index contributed by atoms with van der Waals surface area (Å²) >= 11 is 0. The van der Waals surface area contributed by atoms with E-state index in [1.807, 2.05) is 0 Å². The second-order valence-electron chi connectivity index (χ2n) is 6.90. The van der Waals surface area contributed by atoms with Crippen molar-refractivity contribution in [1.82, 2.24) is 4.57 Å². The fourth-order valence-corrected chi connectivity index (χ4v) is 4.06. The van der Waals surface area contributed by atoms with Gasteiger partial charge in [0.05, 0.1) is 12.6 Å². The lowest BCUT2D eigenvalue weighted by Crippen LogP contribution is -2.12. The van der Waals surface area contributed by atoms with Gasteiger partial charge in [-0.05, 0) is 55.0 Å². The van der Waals surface area contributed by atoms with Crippen molar-refractivity contribution in [3.8, 4) is 11.4 Å². The summed E-state index contributed by atoms with van der Waals surface area (Å²) in [6, 6.07) is 14.8. The van der Waals surface area contributed by atoms with Gasteiger partial charge in [-0.25, -0.2) is 0 Å². The van der Waals surface area contributed by atoms with Crippen molar-refractivity contribution in [1.29, 1.82) is 0 Å². The molecule has 0 atom stereocenters. The van der Waals surface area contributed by atoms with Crippen LogP contribution in [0.5, 0.6) is 5.75 Å². The first kappa shape index (κ1) is 15.9. The van der Waals surface area contributed by atoms with E-state index in [9.17, 15) is 4.79 Å². The fraction of sp³-hybridized carbons (Fsp3) is 0.318. The second-order valence-corrected chi connectivity index (χ2v) is 6.90. The Labute approximate surface area is 148 Å². The normalized spacial score (nSPS) is 15.7. The number of hydrogen-bond acceptors (Lipinski definition) is 2. The number of nitrogens with zero attached hydrogens (tertiary/aromatic N) is 1. The minimum Gasteiger partial charge on any atom is -0.495 e. The number of hydrogen-bond donors (Lipinski definition) is 0. The van der Waals surface area contributed by atoms with Crippen molar-refractivity contribution in [2.24, 2.45) is 0 Å². The molecule has 1 aliphatic rings. The average molecular weight is 333 g/mol. The number of aromatic nitrogens is 1. The smallest absolute Gasteiger partial charge is 0.143 e. The zero-order chi connectivity index (χ0) is 17.4. The lowest BCUT2D eigenvalue weighted by Gasteiger charge is -2.23. The summed E-state index contributed by atoms with van der Waals surface area (Å²) < 4.78 is 7.90. The summed E-state index contributed by atoms with van der Waals surface area (Å²) in [6.45, 7) is 2.13. The molecule has 3 nitrogen and oxygen atoms in total. The number of carbonyl (C=O) groups excluding carboxylic acids is 1. The van der Waals surface area contributed by atoms with Crippen LogP contribution in [0.15, 0.2) is 48.7 Å². The predicted molar refractivity (Wildman–Crippen MR) is 101 cm³/mol. The van der Waals surface area contributed by atoms with Crippen LogP contribution >= 0.6 is 0 Å². The van der Waals surface area contributed by atoms with Gasteiger partial charge in [0.2, 0.25) is 0 Å². The first-order valence-corrected chi connectivity index (χ1v) is 8.94. The van der Waals surface area contributed by atoms with Crippen molar-refractivity contribution < 1.29 is 9.53 Å². The molecule has 0 N–H and O–H groups in total. The molecule has 2 aromatic carbocycles. The van der Waals surface area contributed by atoms with Gasteiger partial charge < -0.3 is 9.30 Å². The fourth-order valence-electron chi connectivity index (χ4n) is 4.06. The molecule has 0 aliphatic heterocycles. The Kier molecular flexibility index (Phi) is 4.08. The van der Waals surface area contributed by atoms with Gasteiger partial charge in [-0.1, -0.05) is 24.3 Å². The van der Waals surface area contributed by atoms with E-state index in [-0.39, 0.29) is 0 Å². The first-order valence-electron chi connectivity index (χ1n) is 8.94. The maximum atomic E-state index is 11.6. The van der Waals surface area contributed by atoms with E-state index < -0.39 is 0 Å². The topological polar surface area (TPSA) is 31.2 Å². The molecule has 0 amide bonds. The average Bonchev–Trinajstić information content (AvgIpc) is 3.07. The molecule has 0 unspecified atom stereocenters. The first-order chi connectivity index (χ1) is 12.2. The lowest BCUT2D eigenvalue weighted by molar-refractivity contribution is -0.120. The standard InChI is InChI=1S/C22H23NO2/c1-15-5-3-4-6-20(15)23-14-13-19-18(11-12-21(25-2)22(19)23)16-7-9-17(24)10-8-16/h3-6,11-14,16H,7-10H2,1-2H3. The molecule has 3 heteroatoms. The summed E-state index contributed by atoms with van der Waals surface area (Å²) in [4.78, 5) is 11.6. The van der Waals surface area contributed by atoms with Gasteiger partial charge in [0.1, 0.15) is 11.5 Å². The summed E-state index contributed by atoms with van der Waals surface area (Å²) in [6.07, 6.45) is 5.45. The molecule has 1 saturated carbocycles. The van der Waals surface area contributed by atoms with E-state index in [0.717, 1.165) is 24.1 Å². The van der Waals surface area contributed by atoms with E-state index in [1.165, 1.54) is 22.2 Å². The Balaban J connectivity index is 1.89. The van der Waals surface area contributed by atoms with Gasteiger partial charge in [0.15, 0.2) is 0 Å². The number of fused-ring (bicyclic) bond motifs is 1. The highest BCUT2D eigenvalue weighted by molar-refractivity contribution is 5.91. The van der Waals surface area contributed by atoms with Crippen molar-refractivity contribution in [3.63, 3.8) is 0 Å². The second kappa shape index (κ2) is 6.40. The summed E-state index contributed by atoms with van der Waals surface area (Å²) in [5, 5.41) is 1.24. The van der Waals surface area contributed by atoms with Crippen LogP contribution < -0.4 is 4.74 Å². The van der Waals surface area contributed by atoms with E-state index in [2.05, 4.69) is 60.2 Å². The molecule has 1 fully saturated rings. The molecule has 1 aromatic heterocycles. The van der Waals surface area contributed by atoms with Crippen LogP contribution in [-0.4, -0.2) is 17.5 Å². The van der Waals surface area contributed by atoms with E-state index in [1.54, 1.807) is 7.11 Å². The predicted octanol–water partition coefficient (Wildman–Crippen LogP) is 5.17. The summed E-state index contributed by atoms with van der Waals surface area (Å²) in [5.41, 5.74) is 4.87. The van der Waals surface area contributed by atoms with Gasteiger partial charge >= 0.3 is 0 Å². The number of Topliss-reactive ketones (excluding diaryl/α,β-unsaturated/α-hetero) is 1. The maximum absolute atomic E-state index is 11.6. The number of ketones is 1. The molecule has 0 radical (unpaired) electrons. The monoisotopic (exact) mass is 333 g/mol. The SMILES string of the molecule is COc1ccc(C2CCC(=O)CC2)c2ccn(-c3ccccc3C)c12. The number of benzene rings is 2. The molecule has 0 spiro atoms. The van der Waals surface area contributed by atoms with Gasteiger partial charge in [-0.15, -0.1) is 0 Å². The number of rotatable bonds is 3. The van der Waals surface area contributed by atoms with Gasteiger partial charge in [-0.2, -0.15) is 0 Å². The summed E-state index contributed by atoms with van der Waals surface area (Å²) in [7, 11) is 1.73. The molecule has 4 rings (SSSR count). The maximum Gasteiger partial charge on any atom is 0.143 e. The Morgan fingerprint density at radius 2 is 1.80 bits per heavy atom. The van der Waals surface area contributed by atoms with Crippen LogP contribution in [0.3, 0.4) is 0 Å². The molecular formula is C22H23NO2. The third-order valence-corrected chi connectivity index (χ3v) is 5.42. The van der Waals surface area contributed by atoms with Crippen LogP contribution in [-0.2, 0) is 4.79 Å². The lowest BCUT2D eigenvalue weighted by atomic mass is 9.82. The Morgan fingerprint density at radius 3 is 2.52 bits per heavy atom. The number of para-hydroxylation sites is 1. The van der Waals surface area contributed by atoms with Crippen molar-refractivity contribution >= 4 is 16.7 Å². The van der Waals surface area contributed by atoms with Gasteiger partial charge in [0, 0.05) is 30.1 Å². The number of ether oxygens (including phenoxy) is 1. The Morgan fingerprint density at radius 1 is 1.04 bits per heavy atom. The highest BCUT2D eigenvalue weighted by Crippen LogP contribution is 2.39. The minimum absolute atomic E-state index is 0.401. The molecule has 1 heterocycles. The van der Waals surface area contributed by atoms with Crippen LogP contribution in [0.4, 0.5) is 0 Å². The molecule has 25 heavy (non-hydrogen) atoms. The Hall–Kier alpha value is -2.55. The van der Waals surface area contributed by atoms with Crippen molar-refractivity contribution in [2.75, 3.05) is 7.11 Å². The van der Waals surface area contributed by atoms with Gasteiger partial charge in [-0.3, -0.25) is 4.79 Å². The van der Waals surface area contributed by atoms with Crippen molar-refractivity contribution in [2.45, 2.75) is 38.5 Å². The van der Waals surface area contributed by atoms with Crippen LogP contribution in [0.1, 0.15) is 42.7 Å². The molecular weight excluding hydrogens is 310 g/mol. The zero-order valence-electron chi connectivity index (χ0n) is 14.8. The Bertz CT molecular complexity index is 928. The number of aryl methyl sites for hydroxylation is 1. The van der Waals surface area contributed by atoms with Crippen LogP contribution in [0.25, 0.3) is 16.6 Å². The third kappa shape index (κ3) is 2.74. The van der Waals surface area contributed by atoms with E-state index in [0.29, 0.717) is 24.5 Å². The highest BCUT2D eigenvalue weighted by Gasteiger charge is 2.23. The largest absolute Gasteiger partial charge is 0.495 e. The molecule has 3 aromatic rings. The molecule has 1 aliphatic carbocycles. The number of methoxy groups -OCH3 is 1. The van der Waals surface area contributed by atoms with Gasteiger partial charge in [0.25, 0.3) is 0 Å². The number of carbonyl (C=O) groups is 1. The molecule has 0 bridgehead atoms. The highest BCUT2D eigenvalue weighted by atomic mass is 16.5. The van der Waals surface area contributed by atoms with Crippen molar-refractivity contribution in [3.05, 3.63) is 59.8 Å². The summed E-state index contributed by atoms with van der Waals surface area (Å²) in [5.74, 6) is 1.75. The molecule has 128 valence electrons. The zero-order valence-corrected chi connectivity index (χ0v) is 14.8. The minimum atomic E-state index is 0.401. The van der Waals surface area contributed by atoms with Crippen LogP contribution in [0.2, 0.25) is 0 Å². The third-order valence-electron chi connectivity index (χ3n) is 5.42. The quantitative estimate of drug-likeness (QED) is 0.662. The van der Waals surface area contributed by atoms with E-state index >= 15 is 0 Å². The molecule has 0 saturated heterocycles.